The lowest BCUT2D eigenvalue weighted by Crippen LogP contribution is -2.15. The molecule has 4 aromatic rings. The molecule has 1 atom stereocenters. The molecule has 6 nitrogen and oxygen atoms in total. The van der Waals surface area contributed by atoms with Crippen molar-refractivity contribution in [3.63, 3.8) is 0 Å². The Morgan fingerprint density at radius 1 is 0.765 bits per heavy atom. The number of aromatic nitrogens is 3. The lowest BCUT2D eigenvalue weighted by atomic mass is 10.0. The molecule has 0 radical (unpaired) electrons. The number of aromatic hydroxyl groups is 1. The van der Waals surface area contributed by atoms with Crippen molar-refractivity contribution in [3.8, 4) is 45.7 Å². The van der Waals surface area contributed by atoms with E-state index < -0.39 is 6.10 Å². The highest BCUT2D eigenvalue weighted by Gasteiger charge is 2.17. The Hall–Kier alpha value is -3.77. The number of aliphatic hydroxyl groups is 1. The Kier molecular flexibility index (Phi) is 6.89. The lowest BCUT2D eigenvalue weighted by Gasteiger charge is -2.13. The van der Waals surface area contributed by atoms with Crippen molar-refractivity contribution < 1.29 is 14.9 Å². The summed E-state index contributed by atoms with van der Waals surface area (Å²) >= 11 is 0. The van der Waals surface area contributed by atoms with Crippen molar-refractivity contribution in [3.05, 3.63) is 77.4 Å². The quantitative estimate of drug-likeness (QED) is 0.374. The fourth-order valence-corrected chi connectivity index (χ4v) is 3.73. The van der Waals surface area contributed by atoms with Crippen LogP contribution < -0.4 is 4.74 Å². The summed E-state index contributed by atoms with van der Waals surface area (Å²) in [5.74, 6) is 1.94. The van der Waals surface area contributed by atoms with Crippen LogP contribution in [0.5, 0.6) is 11.5 Å². The van der Waals surface area contributed by atoms with E-state index in [1.54, 1.807) is 12.1 Å². The minimum atomic E-state index is -0.553. The first kappa shape index (κ1) is 23.4. The van der Waals surface area contributed by atoms with Gasteiger partial charge >= 0.3 is 0 Å². The van der Waals surface area contributed by atoms with Crippen molar-refractivity contribution in [1.82, 2.24) is 15.0 Å². The highest BCUT2D eigenvalue weighted by Crippen LogP contribution is 2.33. The van der Waals surface area contributed by atoms with Gasteiger partial charge in [-0.25, -0.2) is 15.0 Å². The Labute approximate surface area is 200 Å². The van der Waals surface area contributed by atoms with Gasteiger partial charge in [0.15, 0.2) is 17.5 Å². The van der Waals surface area contributed by atoms with Gasteiger partial charge in [-0.05, 0) is 50.5 Å². The number of rotatable bonds is 7. The van der Waals surface area contributed by atoms with E-state index in [4.69, 9.17) is 19.7 Å². The van der Waals surface area contributed by atoms with Crippen LogP contribution in [0.2, 0.25) is 0 Å². The van der Waals surface area contributed by atoms with Gasteiger partial charge < -0.3 is 14.9 Å². The van der Waals surface area contributed by atoms with E-state index in [0.717, 1.165) is 27.8 Å². The maximum Gasteiger partial charge on any atom is 0.167 e. The third-order valence-corrected chi connectivity index (χ3v) is 5.77. The second-order valence-corrected chi connectivity index (χ2v) is 8.49. The molecule has 0 fully saturated rings. The van der Waals surface area contributed by atoms with Crippen LogP contribution in [0.15, 0.2) is 60.7 Å². The molecule has 0 bridgehead atoms. The molecular formula is C28H29N3O3. The normalized spacial score (nSPS) is 11.9. The minimum absolute atomic E-state index is 0.00278. The van der Waals surface area contributed by atoms with E-state index in [1.807, 2.05) is 57.2 Å². The van der Waals surface area contributed by atoms with Gasteiger partial charge in [-0.15, -0.1) is 0 Å². The first-order valence-corrected chi connectivity index (χ1v) is 11.4. The number of hydrogen-bond donors (Lipinski definition) is 2. The van der Waals surface area contributed by atoms with Gasteiger partial charge in [0.05, 0.1) is 11.7 Å². The summed E-state index contributed by atoms with van der Waals surface area (Å²) < 4.78 is 5.60. The average Bonchev–Trinajstić information content (AvgIpc) is 2.82. The van der Waals surface area contributed by atoms with Crippen molar-refractivity contribution in [2.75, 3.05) is 6.61 Å². The van der Waals surface area contributed by atoms with Crippen LogP contribution in [0.25, 0.3) is 34.2 Å². The van der Waals surface area contributed by atoms with Crippen LogP contribution in [0.3, 0.4) is 0 Å². The first-order chi connectivity index (χ1) is 16.4. The number of phenols is 1. The summed E-state index contributed by atoms with van der Waals surface area (Å²) in [5.41, 5.74) is 5.58. The van der Waals surface area contributed by atoms with Crippen LogP contribution in [0.4, 0.5) is 0 Å². The fourth-order valence-electron chi connectivity index (χ4n) is 3.73. The molecule has 1 heterocycles. The molecule has 174 valence electrons. The van der Waals surface area contributed by atoms with Crippen LogP contribution >= 0.6 is 0 Å². The summed E-state index contributed by atoms with van der Waals surface area (Å²) in [7, 11) is 0. The molecule has 34 heavy (non-hydrogen) atoms. The fraction of sp³-hybridized carbons (Fsp3) is 0.250. The summed E-state index contributed by atoms with van der Waals surface area (Å²) in [6.45, 7) is 8.15. The molecule has 0 aliphatic carbocycles. The largest absolute Gasteiger partial charge is 0.507 e. The first-order valence-electron chi connectivity index (χ1n) is 11.4. The average molecular weight is 456 g/mol. The Morgan fingerprint density at radius 3 is 2.00 bits per heavy atom. The van der Waals surface area contributed by atoms with Crippen LogP contribution in [-0.2, 0) is 0 Å². The van der Waals surface area contributed by atoms with Gasteiger partial charge in [-0.3, -0.25) is 0 Å². The van der Waals surface area contributed by atoms with Crippen molar-refractivity contribution in [2.24, 2.45) is 0 Å². The van der Waals surface area contributed by atoms with Crippen molar-refractivity contribution >= 4 is 0 Å². The highest BCUT2D eigenvalue weighted by atomic mass is 16.5. The number of aliphatic hydroxyl groups excluding tert-OH is 1. The smallest absolute Gasteiger partial charge is 0.167 e. The maximum atomic E-state index is 10.8. The van der Waals surface area contributed by atoms with Crippen LogP contribution in [0.1, 0.15) is 30.0 Å². The third kappa shape index (κ3) is 5.07. The lowest BCUT2D eigenvalue weighted by molar-refractivity contribution is 0.104. The number of nitrogens with zero attached hydrogens (tertiary/aromatic N) is 3. The summed E-state index contributed by atoms with van der Waals surface area (Å²) in [6, 6.07) is 19.1. The van der Waals surface area contributed by atoms with Crippen LogP contribution in [-0.4, -0.2) is 37.9 Å². The van der Waals surface area contributed by atoms with Gasteiger partial charge in [0.25, 0.3) is 0 Å². The Bertz CT molecular complexity index is 1320. The number of ether oxygens (including phenoxy) is 1. The second-order valence-electron chi connectivity index (χ2n) is 8.49. The minimum Gasteiger partial charge on any atom is -0.507 e. The van der Waals surface area contributed by atoms with E-state index >= 15 is 0 Å². The zero-order chi connectivity index (χ0) is 24.2. The number of aryl methyl sites for hydroxylation is 3. The molecule has 1 unspecified atom stereocenters. The molecule has 0 aliphatic heterocycles. The predicted octanol–water partition coefficient (Wildman–Crippen LogP) is 5.65. The third-order valence-electron chi connectivity index (χ3n) is 5.77. The van der Waals surface area contributed by atoms with E-state index in [9.17, 15) is 10.2 Å². The Morgan fingerprint density at radius 2 is 1.38 bits per heavy atom. The predicted molar refractivity (Wildman–Crippen MR) is 134 cm³/mol. The number of phenolic OH excluding ortho intramolecular Hbond substituents is 1. The number of benzene rings is 3. The van der Waals surface area contributed by atoms with Gasteiger partial charge in [0.2, 0.25) is 0 Å². The van der Waals surface area contributed by atoms with E-state index in [1.165, 1.54) is 6.07 Å². The molecule has 0 aliphatic rings. The van der Waals surface area contributed by atoms with Crippen molar-refractivity contribution in [1.29, 1.82) is 0 Å². The maximum absolute atomic E-state index is 10.8. The molecule has 0 spiro atoms. The monoisotopic (exact) mass is 455 g/mol. The van der Waals surface area contributed by atoms with Gasteiger partial charge in [-0.2, -0.15) is 0 Å². The summed E-state index contributed by atoms with van der Waals surface area (Å²) in [4.78, 5) is 14.3. The van der Waals surface area contributed by atoms with E-state index in [0.29, 0.717) is 35.2 Å². The standard InChI is InChI=1S/C28H29N3O3/c1-5-20(32)16-34-21-11-13-24(25(33)15-21)28-30-26(22-9-7-6-8-18(22)3)29-27(31-28)23-12-10-17(2)14-19(23)4/h6-15,20,32-33H,5,16H2,1-4H3. The molecule has 1 aromatic heterocycles. The topological polar surface area (TPSA) is 88.4 Å². The molecule has 0 saturated carbocycles. The second kappa shape index (κ2) is 10.0. The molecular weight excluding hydrogens is 426 g/mol. The number of hydrogen-bond acceptors (Lipinski definition) is 6. The molecule has 4 rings (SSSR count). The van der Waals surface area contributed by atoms with Crippen molar-refractivity contribution in [2.45, 2.75) is 40.2 Å². The zero-order valence-corrected chi connectivity index (χ0v) is 19.9. The van der Waals surface area contributed by atoms with Gasteiger partial charge in [0.1, 0.15) is 18.1 Å². The molecule has 2 N–H and O–H groups in total. The van der Waals surface area contributed by atoms with Gasteiger partial charge in [0, 0.05) is 17.2 Å². The molecule has 3 aromatic carbocycles. The van der Waals surface area contributed by atoms with Gasteiger partial charge in [-0.1, -0.05) is 55.0 Å². The SMILES string of the molecule is CCC(O)COc1ccc(-c2nc(-c3ccccc3C)nc(-c3ccc(C)cc3C)n2)c(O)c1. The summed E-state index contributed by atoms with van der Waals surface area (Å²) in [5, 5.41) is 20.5. The molecule has 0 amide bonds. The van der Waals surface area contributed by atoms with E-state index in [2.05, 4.69) is 13.0 Å². The van der Waals surface area contributed by atoms with E-state index in [-0.39, 0.29) is 12.4 Å². The zero-order valence-electron chi connectivity index (χ0n) is 19.9. The van der Waals surface area contributed by atoms with Crippen LogP contribution in [0, 0.1) is 20.8 Å². The Balaban J connectivity index is 1.82. The summed E-state index contributed by atoms with van der Waals surface area (Å²) in [6.07, 6.45) is 0.0416. The molecule has 0 saturated heterocycles. The molecule has 6 heteroatoms. The highest BCUT2D eigenvalue weighted by molar-refractivity contribution is 5.72.